The predicted molar refractivity (Wildman–Crippen MR) is 71.5 cm³/mol. The van der Waals surface area contributed by atoms with Crippen molar-refractivity contribution in [3.8, 4) is 0 Å². The highest BCUT2D eigenvalue weighted by Gasteiger charge is 2.33. The summed E-state index contributed by atoms with van der Waals surface area (Å²) in [5, 5.41) is 0. The molecule has 2 rings (SSSR count). The molecule has 100 valence electrons. The lowest BCUT2D eigenvalue weighted by Gasteiger charge is -2.25. The Labute approximate surface area is 109 Å². The predicted octanol–water partition coefficient (Wildman–Crippen LogP) is 1.76. The van der Waals surface area contributed by atoms with Crippen LogP contribution in [0, 0.1) is 0 Å². The Kier molecular flexibility index (Phi) is 3.75. The van der Waals surface area contributed by atoms with Crippen LogP contribution in [0.2, 0.25) is 0 Å². The molecule has 0 aliphatic heterocycles. The third-order valence-electron chi connectivity index (χ3n) is 3.53. The van der Waals surface area contributed by atoms with Crippen LogP contribution in [0.3, 0.4) is 0 Å². The molecule has 0 atom stereocenters. The van der Waals surface area contributed by atoms with Gasteiger partial charge in [0.05, 0.1) is 4.90 Å². The largest absolute Gasteiger partial charge is 0.326 e. The second-order valence-corrected chi connectivity index (χ2v) is 6.91. The van der Waals surface area contributed by atoms with Gasteiger partial charge in [0.2, 0.25) is 10.0 Å². The Morgan fingerprint density at radius 1 is 1.33 bits per heavy atom. The van der Waals surface area contributed by atoms with Crippen molar-refractivity contribution in [3.05, 3.63) is 29.8 Å². The van der Waals surface area contributed by atoms with Crippen LogP contribution in [0.5, 0.6) is 0 Å². The summed E-state index contributed by atoms with van der Waals surface area (Å²) in [6.45, 7) is 2.32. The Morgan fingerprint density at radius 3 is 2.61 bits per heavy atom. The summed E-state index contributed by atoms with van der Waals surface area (Å²) in [5.74, 6) is 0. The molecule has 1 saturated carbocycles. The maximum atomic E-state index is 12.3. The Morgan fingerprint density at radius 2 is 2.00 bits per heavy atom. The lowest BCUT2D eigenvalue weighted by molar-refractivity contribution is 0.427. The van der Waals surface area contributed by atoms with Crippen LogP contribution in [0.1, 0.15) is 38.2 Å². The standard InChI is InChI=1S/C13H20N2O2S/c1-13(7-2-3-8-13)15-18(16,17)12-6-4-5-11(9-12)10-14/h4-6,9,15H,2-3,7-8,10,14H2,1H3. The third kappa shape index (κ3) is 2.91. The zero-order valence-corrected chi connectivity index (χ0v) is 11.5. The van der Waals surface area contributed by atoms with Gasteiger partial charge in [0.25, 0.3) is 0 Å². The first-order chi connectivity index (χ1) is 8.45. The van der Waals surface area contributed by atoms with Crippen LogP contribution in [-0.2, 0) is 16.6 Å². The van der Waals surface area contributed by atoms with Crippen LogP contribution in [-0.4, -0.2) is 14.0 Å². The van der Waals surface area contributed by atoms with E-state index < -0.39 is 10.0 Å². The molecule has 18 heavy (non-hydrogen) atoms. The first-order valence-electron chi connectivity index (χ1n) is 6.28. The van der Waals surface area contributed by atoms with Gasteiger partial charge in [0.1, 0.15) is 0 Å². The molecule has 5 heteroatoms. The summed E-state index contributed by atoms with van der Waals surface area (Å²) in [4.78, 5) is 0.304. The molecule has 0 heterocycles. The molecular weight excluding hydrogens is 248 g/mol. The highest BCUT2D eigenvalue weighted by atomic mass is 32.2. The fourth-order valence-electron chi connectivity index (χ4n) is 2.48. The number of nitrogens with one attached hydrogen (secondary N) is 1. The summed E-state index contributed by atoms with van der Waals surface area (Å²) in [5.41, 5.74) is 6.07. The van der Waals surface area contributed by atoms with Gasteiger partial charge in [-0.1, -0.05) is 25.0 Å². The minimum absolute atomic E-state index is 0.294. The Hall–Kier alpha value is -0.910. The maximum Gasteiger partial charge on any atom is 0.241 e. The van der Waals surface area contributed by atoms with E-state index in [0.29, 0.717) is 11.4 Å². The summed E-state index contributed by atoms with van der Waals surface area (Å²) in [6, 6.07) is 6.81. The van der Waals surface area contributed by atoms with E-state index in [0.717, 1.165) is 31.2 Å². The fourth-order valence-corrected chi connectivity index (χ4v) is 4.02. The molecule has 4 nitrogen and oxygen atoms in total. The van der Waals surface area contributed by atoms with Gasteiger partial charge < -0.3 is 5.73 Å². The van der Waals surface area contributed by atoms with Gasteiger partial charge in [-0.15, -0.1) is 0 Å². The molecule has 1 aliphatic carbocycles. The summed E-state index contributed by atoms with van der Waals surface area (Å²) >= 11 is 0. The quantitative estimate of drug-likeness (QED) is 0.874. The second kappa shape index (κ2) is 4.99. The van der Waals surface area contributed by atoms with E-state index >= 15 is 0 Å². The van der Waals surface area contributed by atoms with Crippen molar-refractivity contribution in [2.24, 2.45) is 5.73 Å². The molecule has 0 amide bonds. The van der Waals surface area contributed by atoms with E-state index in [1.54, 1.807) is 18.2 Å². The average molecular weight is 268 g/mol. The lowest BCUT2D eigenvalue weighted by Crippen LogP contribution is -2.43. The van der Waals surface area contributed by atoms with E-state index in [1.165, 1.54) is 0 Å². The van der Waals surface area contributed by atoms with Gasteiger partial charge in [-0.05, 0) is 37.5 Å². The molecule has 0 unspecified atom stereocenters. The van der Waals surface area contributed by atoms with Crippen molar-refractivity contribution < 1.29 is 8.42 Å². The Balaban J connectivity index is 2.24. The van der Waals surface area contributed by atoms with Crippen LogP contribution in [0.4, 0.5) is 0 Å². The minimum Gasteiger partial charge on any atom is -0.326 e. The van der Waals surface area contributed by atoms with Crippen molar-refractivity contribution in [1.82, 2.24) is 4.72 Å². The highest BCUT2D eigenvalue weighted by Crippen LogP contribution is 2.30. The van der Waals surface area contributed by atoms with Crippen molar-refractivity contribution >= 4 is 10.0 Å². The molecule has 0 spiro atoms. The molecule has 0 aromatic heterocycles. The third-order valence-corrected chi connectivity index (χ3v) is 5.17. The molecule has 1 aromatic rings. The topological polar surface area (TPSA) is 72.2 Å². The van der Waals surface area contributed by atoms with E-state index in [-0.39, 0.29) is 5.54 Å². The zero-order valence-electron chi connectivity index (χ0n) is 10.6. The van der Waals surface area contributed by atoms with Crippen LogP contribution >= 0.6 is 0 Å². The van der Waals surface area contributed by atoms with Gasteiger partial charge in [-0.3, -0.25) is 0 Å². The monoisotopic (exact) mass is 268 g/mol. The lowest BCUT2D eigenvalue weighted by atomic mass is 10.0. The van der Waals surface area contributed by atoms with E-state index in [9.17, 15) is 8.42 Å². The van der Waals surface area contributed by atoms with E-state index in [2.05, 4.69) is 4.72 Å². The molecule has 0 saturated heterocycles. The molecule has 3 N–H and O–H groups in total. The van der Waals surface area contributed by atoms with Crippen LogP contribution in [0.15, 0.2) is 29.2 Å². The molecule has 0 radical (unpaired) electrons. The summed E-state index contributed by atoms with van der Waals surface area (Å²) < 4.78 is 27.4. The summed E-state index contributed by atoms with van der Waals surface area (Å²) in [7, 11) is -3.44. The van der Waals surface area contributed by atoms with Crippen molar-refractivity contribution in [1.29, 1.82) is 0 Å². The number of hydrogen-bond donors (Lipinski definition) is 2. The fraction of sp³-hybridized carbons (Fsp3) is 0.538. The zero-order chi connectivity index (χ0) is 13.2. The molecular formula is C13H20N2O2S. The van der Waals surface area contributed by atoms with Gasteiger partial charge in [0, 0.05) is 12.1 Å². The van der Waals surface area contributed by atoms with Crippen molar-refractivity contribution in [2.45, 2.75) is 49.6 Å². The first kappa shape index (κ1) is 13.5. The van der Waals surface area contributed by atoms with Crippen molar-refractivity contribution in [2.75, 3.05) is 0 Å². The Bertz CT molecular complexity index is 520. The van der Waals surface area contributed by atoms with Crippen molar-refractivity contribution in [3.63, 3.8) is 0 Å². The molecule has 1 aromatic carbocycles. The average Bonchev–Trinajstić information content (AvgIpc) is 2.75. The molecule has 0 bridgehead atoms. The number of sulfonamides is 1. The second-order valence-electron chi connectivity index (χ2n) is 5.22. The van der Waals surface area contributed by atoms with Crippen LogP contribution in [0.25, 0.3) is 0 Å². The normalized spacial score (nSPS) is 19.0. The first-order valence-corrected chi connectivity index (χ1v) is 7.77. The number of benzene rings is 1. The summed E-state index contributed by atoms with van der Waals surface area (Å²) in [6.07, 6.45) is 3.98. The minimum atomic E-state index is -3.44. The van der Waals surface area contributed by atoms with Gasteiger partial charge in [-0.25, -0.2) is 13.1 Å². The van der Waals surface area contributed by atoms with Gasteiger partial charge in [0.15, 0.2) is 0 Å². The van der Waals surface area contributed by atoms with E-state index in [4.69, 9.17) is 5.73 Å². The molecule has 1 fully saturated rings. The van der Waals surface area contributed by atoms with E-state index in [1.807, 2.05) is 13.0 Å². The van der Waals surface area contributed by atoms with Crippen LogP contribution < -0.4 is 10.5 Å². The number of hydrogen-bond acceptors (Lipinski definition) is 3. The maximum absolute atomic E-state index is 12.3. The smallest absolute Gasteiger partial charge is 0.241 e. The molecule has 1 aliphatic rings. The SMILES string of the molecule is CC1(NS(=O)(=O)c2cccc(CN)c2)CCCC1. The van der Waals surface area contributed by atoms with Gasteiger partial charge >= 0.3 is 0 Å². The number of nitrogens with two attached hydrogens (primary N) is 1. The number of rotatable bonds is 4. The van der Waals surface area contributed by atoms with Gasteiger partial charge in [-0.2, -0.15) is 0 Å². The highest BCUT2D eigenvalue weighted by molar-refractivity contribution is 7.89.